The number of benzene rings is 6. The molecule has 9 rings (SSSR count). The lowest BCUT2D eigenvalue weighted by atomic mass is 10.2. The number of hydrogen-bond donors (Lipinski definition) is 0. The molecule has 208 valence electrons. The minimum absolute atomic E-state index is 0.940. The van der Waals surface area contributed by atoms with E-state index in [2.05, 4.69) is 143 Å². The molecule has 0 aliphatic rings. The summed E-state index contributed by atoms with van der Waals surface area (Å²) in [5.41, 5.74) is 8.81. The zero-order valence-corrected chi connectivity index (χ0v) is 25.1. The Labute approximate surface area is 261 Å². The summed E-state index contributed by atoms with van der Waals surface area (Å²) in [4.78, 5) is 12.4. The molecule has 0 amide bonds. The second-order valence-corrected chi connectivity index (χ2v) is 12.8. The Balaban J connectivity index is 1.12. The molecule has 4 nitrogen and oxygen atoms in total. The molecule has 0 unspecified atom stereocenters. The molecule has 0 radical (unpaired) electrons. The zero-order chi connectivity index (χ0) is 29.0. The van der Waals surface area contributed by atoms with Gasteiger partial charge in [-0.1, -0.05) is 90.2 Å². The van der Waals surface area contributed by atoms with Crippen molar-refractivity contribution >= 4 is 81.4 Å². The molecule has 3 heterocycles. The monoisotopic (exact) mass is 600 g/mol. The van der Waals surface area contributed by atoms with E-state index in [0.29, 0.717) is 0 Å². The van der Waals surface area contributed by atoms with E-state index >= 15 is 0 Å². The number of para-hydroxylation sites is 4. The van der Waals surface area contributed by atoms with Crippen molar-refractivity contribution in [3.8, 4) is 16.3 Å². The Morgan fingerprint density at radius 3 is 1.82 bits per heavy atom. The van der Waals surface area contributed by atoms with Crippen LogP contribution in [0.3, 0.4) is 0 Å². The summed E-state index contributed by atoms with van der Waals surface area (Å²) in [5, 5.41) is 4.47. The maximum atomic E-state index is 5.13. The van der Waals surface area contributed by atoms with Gasteiger partial charge in [-0.2, -0.15) is 0 Å². The van der Waals surface area contributed by atoms with Gasteiger partial charge in [0.25, 0.3) is 0 Å². The molecule has 0 fully saturated rings. The predicted octanol–water partition coefficient (Wildman–Crippen LogP) is 11.1. The van der Waals surface area contributed by atoms with Gasteiger partial charge in [-0.15, -0.1) is 11.3 Å². The lowest BCUT2D eigenvalue weighted by molar-refractivity contribution is 1.19. The summed E-state index contributed by atoms with van der Waals surface area (Å²) in [5.74, 6) is 0. The van der Waals surface area contributed by atoms with Crippen LogP contribution in [0.25, 0.3) is 58.5 Å². The molecule has 0 atom stereocenters. The third-order valence-electron chi connectivity index (χ3n) is 8.05. The highest BCUT2D eigenvalue weighted by Gasteiger charge is 2.18. The average molecular weight is 601 g/mol. The Bertz CT molecular complexity index is 2360. The van der Waals surface area contributed by atoms with Crippen molar-refractivity contribution in [2.24, 2.45) is 0 Å². The van der Waals surface area contributed by atoms with Gasteiger partial charge in [0.2, 0.25) is 0 Å². The number of nitrogens with zero attached hydrogens (tertiary/aromatic N) is 4. The molecule has 9 aromatic rings. The number of thiazole rings is 2. The fraction of sp³-hybridized carbons (Fsp3) is 0. The molecule has 0 saturated heterocycles. The smallest absolute Gasteiger partial charge is 0.195 e. The first-order chi connectivity index (χ1) is 21.8. The quantitative estimate of drug-likeness (QED) is 0.197. The van der Waals surface area contributed by atoms with Crippen LogP contribution in [0.15, 0.2) is 146 Å². The minimum Gasteiger partial charge on any atom is -0.309 e. The van der Waals surface area contributed by atoms with Crippen LogP contribution < -0.4 is 4.90 Å². The summed E-state index contributed by atoms with van der Waals surface area (Å²) in [6.45, 7) is 0. The van der Waals surface area contributed by atoms with E-state index in [1.807, 2.05) is 12.1 Å². The second-order valence-electron chi connectivity index (χ2n) is 10.7. The fourth-order valence-corrected chi connectivity index (χ4v) is 8.03. The maximum absolute atomic E-state index is 5.13. The summed E-state index contributed by atoms with van der Waals surface area (Å²) in [6.07, 6.45) is 0. The Hall–Kier alpha value is -5.30. The summed E-state index contributed by atoms with van der Waals surface area (Å²) >= 11 is 3.43. The van der Waals surface area contributed by atoms with E-state index in [-0.39, 0.29) is 0 Å². The predicted molar refractivity (Wildman–Crippen MR) is 187 cm³/mol. The highest BCUT2D eigenvalue weighted by atomic mass is 32.1. The topological polar surface area (TPSA) is 34.0 Å². The largest absolute Gasteiger partial charge is 0.309 e. The first kappa shape index (κ1) is 25.2. The zero-order valence-electron chi connectivity index (χ0n) is 23.5. The van der Waals surface area contributed by atoms with Crippen LogP contribution in [0.5, 0.6) is 0 Å². The van der Waals surface area contributed by atoms with Crippen LogP contribution >= 0.6 is 22.7 Å². The van der Waals surface area contributed by atoms with Gasteiger partial charge < -0.3 is 4.57 Å². The van der Waals surface area contributed by atoms with Gasteiger partial charge in [-0.25, -0.2) is 9.97 Å². The molecule has 6 aromatic carbocycles. The van der Waals surface area contributed by atoms with Gasteiger partial charge in [0.05, 0.1) is 31.5 Å². The first-order valence-corrected chi connectivity index (χ1v) is 16.1. The van der Waals surface area contributed by atoms with Crippen molar-refractivity contribution in [3.05, 3.63) is 146 Å². The van der Waals surface area contributed by atoms with Crippen LogP contribution in [0.2, 0.25) is 0 Å². The molecular formula is C38H24N4S2. The molecule has 0 spiro atoms. The standard InChI is InChI=1S/C38H24N4S2/c1-3-11-26(12-4-1)41(27-13-5-2-6-14-27)38-40-32-23-25(19-22-35(32)44-38)37-39-31-21-20-28(24-36(31)43-37)42-33-17-9-7-15-29(33)30-16-8-10-18-34(30)42/h1-24H. The minimum atomic E-state index is 0.940. The average Bonchev–Trinajstić information content (AvgIpc) is 3.79. The highest BCUT2D eigenvalue weighted by molar-refractivity contribution is 7.22. The van der Waals surface area contributed by atoms with Gasteiger partial charge >= 0.3 is 0 Å². The Morgan fingerprint density at radius 2 is 1.14 bits per heavy atom. The molecule has 6 heteroatoms. The fourth-order valence-electron chi connectivity index (χ4n) is 6.04. The summed E-state index contributed by atoms with van der Waals surface area (Å²) in [7, 11) is 0. The van der Waals surface area contributed by atoms with E-state index in [4.69, 9.17) is 9.97 Å². The number of fused-ring (bicyclic) bond motifs is 5. The van der Waals surface area contributed by atoms with Gasteiger partial charge in [0.15, 0.2) is 5.13 Å². The van der Waals surface area contributed by atoms with E-state index in [1.54, 1.807) is 22.7 Å². The number of anilines is 3. The molecule has 0 aliphatic carbocycles. The Morgan fingerprint density at radius 1 is 0.500 bits per heavy atom. The molecule has 0 bridgehead atoms. The lowest BCUT2D eigenvalue weighted by Gasteiger charge is -2.21. The van der Waals surface area contributed by atoms with Crippen molar-refractivity contribution in [2.45, 2.75) is 0 Å². The van der Waals surface area contributed by atoms with Crippen molar-refractivity contribution in [3.63, 3.8) is 0 Å². The van der Waals surface area contributed by atoms with E-state index in [0.717, 1.165) is 53.2 Å². The van der Waals surface area contributed by atoms with Crippen molar-refractivity contribution in [2.75, 3.05) is 4.90 Å². The van der Waals surface area contributed by atoms with Gasteiger partial charge in [-0.3, -0.25) is 4.90 Å². The van der Waals surface area contributed by atoms with Crippen molar-refractivity contribution < 1.29 is 0 Å². The van der Waals surface area contributed by atoms with Crippen molar-refractivity contribution in [1.29, 1.82) is 0 Å². The van der Waals surface area contributed by atoms with Crippen LogP contribution in [0.1, 0.15) is 0 Å². The normalized spacial score (nSPS) is 11.6. The Kier molecular flexibility index (Phi) is 5.82. The summed E-state index contributed by atoms with van der Waals surface area (Å²) in [6, 6.07) is 51.2. The van der Waals surface area contributed by atoms with Crippen LogP contribution in [-0.4, -0.2) is 14.5 Å². The summed E-state index contributed by atoms with van der Waals surface area (Å²) < 4.78 is 4.67. The third-order valence-corrected chi connectivity index (χ3v) is 10.1. The number of hydrogen-bond acceptors (Lipinski definition) is 5. The lowest BCUT2D eigenvalue weighted by Crippen LogP contribution is -2.09. The molecule has 3 aromatic heterocycles. The van der Waals surface area contributed by atoms with E-state index in [9.17, 15) is 0 Å². The molecule has 44 heavy (non-hydrogen) atoms. The van der Waals surface area contributed by atoms with Gasteiger partial charge in [-0.05, 0) is 66.7 Å². The number of rotatable bonds is 5. The highest BCUT2D eigenvalue weighted by Crippen LogP contribution is 2.41. The first-order valence-electron chi connectivity index (χ1n) is 14.5. The molecule has 0 N–H and O–H groups in total. The maximum Gasteiger partial charge on any atom is 0.195 e. The SMILES string of the molecule is c1ccc(N(c2ccccc2)c2nc3cc(-c4nc5ccc(-n6c7ccccc7c7ccccc76)cc5s4)ccc3s2)cc1. The van der Waals surface area contributed by atoms with Crippen LogP contribution in [0.4, 0.5) is 16.5 Å². The third kappa shape index (κ3) is 4.11. The van der Waals surface area contributed by atoms with E-state index in [1.165, 1.54) is 21.8 Å². The molecule has 0 saturated carbocycles. The molecular weight excluding hydrogens is 577 g/mol. The van der Waals surface area contributed by atoms with Crippen LogP contribution in [-0.2, 0) is 0 Å². The van der Waals surface area contributed by atoms with Gasteiger partial charge in [0, 0.05) is 33.4 Å². The van der Waals surface area contributed by atoms with E-state index < -0.39 is 0 Å². The van der Waals surface area contributed by atoms with Gasteiger partial charge in [0.1, 0.15) is 5.01 Å². The van der Waals surface area contributed by atoms with Crippen LogP contribution in [0, 0.1) is 0 Å². The second kappa shape index (κ2) is 10.2. The number of aromatic nitrogens is 3. The van der Waals surface area contributed by atoms with Crippen molar-refractivity contribution in [1.82, 2.24) is 14.5 Å². The molecule has 0 aliphatic heterocycles.